The minimum absolute atomic E-state index is 0.00632. The molecule has 0 saturated carbocycles. The average molecular weight is 293 g/mol. The molecule has 0 saturated heterocycles. The van der Waals surface area contributed by atoms with E-state index in [1.165, 1.54) is 6.07 Å². The van der Waals surface area contributed by atoms with Crippen molar-refractivity contribution in [3.05, 3.63) is 64.7 Å². The Balaban J connectivity index is 2.19. The van der Waals surface area contributed by atoms with Crippen LogP contribution >= 0.6 is 11.6 Å². The summed E-state index contributed by atoms with van der Waals surface area (Å²) >= 11 is 5.79. The summed E-state index contributed by atoms with van der Waals surface area (Å²) in [6, 6.07) is 10.6. The molecule has 20 heavy (non-hydrogen) atoms. The fraction of sp³-hybridized carbons (Fsp3) is 0.312. The smallest absolute Gasteiger partial charge is 0.127 e. The Morgan fingerprint density at radius 2 is 2.15 bits per heavy atom. The molecule has 0 bridgehead atoms. The molecule has 1 atom stereocenters. The molecule has 0 fully saturated rings. The van der Waals surface area contributed by atoms with Crippen LogP contribution in [0.4, 0.5) is 4.39 Å². The quantitative estimate of drug-likeness (QED) is 0.865. The van der Waals surface area contributed by atoms with E-state index in [1.54, 1.807) is 18.3 Å². The third kappa shape index (κ3) is 4.02. The zero-order chi connectivity index (χ0) is 14.4. The van der Waals surface area contributed by atoms with E-state index in [1.807, 2.05) is 18.2 Å². The molecular formula is C16H18ClFN2. The molecule has 2 aromatic rings. The largest absolute Gasteiger partial charge is 0.308 e. The van der Waals surface area contributed by atoms with Crippen LogP contribution in [0.2, 0.25) is 5.02 Å². The predicted octanol–water partition coefficient (Wildman–Crippen LogP) is 4.16. The highest BCUT2D eigenvalue weighted by Crippen LogP contribution is 2.21. The van der Waals surface area contributed by atoms with Gasteiger partial charge in [-0.1, -0.05) is 30.7 Å². The molecule has 2 rings (SSSR count). The standard InChI is InChI=1S/C16H18ClFN2/c1-2-8-19-16(15-5-3-4-9-20-15)10-12-6-7-13(17)11-14(12)18/h3-7,9,11,16,19H,2,8,10H2,1H3. The van der Waals surface area contributed by atoms with E-state index in [9.17, 15) is 4.39 Å². The molecule has 0 radical (unpaired) electrons. The molecule has 2 nitrogen and oxygen atoms in total. The fourth-order valence-corrected chi connectivity index (χ4v) is 2.25. The third-order valence-electron chi connectivity index (χ3n) is 3.12. The van der Waals surface area contributed by atoms with E-state index in [4.69, 9.17) is 11.6 Å². The first-order valence-electron chi connectivity index (χ1n) is 6.79. The molecule has 1 N–H and O–H groups in total. The minimum Gasteiger partial charge on any atom is -0.308 e. The number of nitrogens with one attached hydrogen (secondary N) is 1. The molecule has 4 heteroatoms. The van der Waals surface area contributed by atoms with Gasteiger partial charge in [-0.25, -0.2) is 4.39 Å². The Morgan fingerprint density at radius 1 is 1.30 bits per heavy atom. The number of nitrogens with zero attached hydrogens (tertiary/aromatic N) is 1. The van der Waals surface area contributed by atoms with Crippen LogP contribution in [0.15, 0.2) is 42.6 Å². The number of halogens is 2. The van der Waals surface area contributed by atoms with Crippen molar-refractivity contribution in [2.75, 3.05) is 6.54 Å². The minimum atomic E-state index is -0.267. The molecule has 0 amide bonds. The van der Waals surface area contributed by atoms with E-state index in [-0.39, 0.29) is 11.9 Å². The van der Waals surface area contributed by atoms with Crippen LogP contribution in [0.1, 0.15) is 30.6 Å². The van der Waals surface area contributed by atoms with Crippen molar-refractivity contribution in [1.29, 1.82) is 0 Å². The van der Waals surface area contributed by atoms with Gasteiger partial charge in [0.1, 0.15) is 5.82 Å². The molecular weight excluding hydrogens is 275 g/mol. The predicted molar refractivity (Wildman–Crippen MR) is 80.4 cm³/mol. The molecule has 1 aromatic heterocycles. The fourth-order valence-electron chi connectivity index (χ4n) is 2.09. The normalized spacial score (nSPS) is 12.3. The van der Waals surface area contributed by atoms with E-state index in [0.29, 0.717) is 17.0 Å². The van der Waals surface area contributed by atoms with Crippen LogP contribution < -0.4 is 5.32 Å². The number of hydrogen-bond acceptors (Lipinski definition) is 2. The highest BCUT2D eigenvalue weighted by atomic mass is 35.5. The maximum Gasteiger partial charge on any atom is 0.127 e. The lowest BCUT2D eigenvalue weighted by Gasteiger charge is -2.18. The summed E-state index contributed by atoms with van der Waals surface area (Å²) in [5, 5.41) is 3.83. The monoisotopic (exact) mass is 292 g/mol. The SMILES string of the molecule is CCCNC(Cc1ccc(Cl)cc1F)c1ccccn1. The van der Waals surface area contributed by atoms with Crippen molar-refractivity contribution < 1.29 is 4.39 Å². The second-order valence-corrected chi connectivity index (χ2v) is 5.14. The Morgan fingerprint density at radius 3 is 2.80 bits per heavy atom. The summed E-state index contributed by atoms with van der Waals surface area (Å²) in [4.78, 5) is 4.36. The molecule has 1 heterocycles. The number of aromatic nitrogens is 1. The Hall–Kier alpha value is -1.45. The van der Waals surface area contributed by atoms with Gasteiger partial charge in [-0.05, 0) is 49.2 Å². The zero-order valence-electron chi connectivity index (χ0n) is 11.4. The van der Waals surface area contributed by atoms with Gasteiger partial charge < -0.3 is 5.32 Å². The molecule has 1 unspecified atom stereocenters. The molecule has 1 aromatic carbocycles. The van der Waals surface area contributed by atoms with Gasteiger partial charge in [-0.3, -0.25) is 4.98 Å². The molecule has 0 aliphatic heterocycles. The second kappa shape index (κ2) is 7.36. The average Bonchev–Trinajstić information content (AvgIpc) is 2.46. The summed E-state index contributed by atoms with van der Waals surface area (Å²) < 4.78 is 13.9. The number of rotatable bonds is 6. The lowest BCUT2D eigenvalue weighted by atomic mass is 10.0. The van der Waals surface area contributed by atoms with Gasteiger partial charge in [0.25, 0.3) is 0 Å². The van der Waals surface area contributed by atoms with Crippen molar-refractivity contribution in [3.63, 3.8) is 0 Å². The number of pyridine rings is 1. The molecule has 106 valence electrons. The number of benzene rings is 1. The van der Waals surface area contributed by atoms with E-state index < -0.39 is 0 Å². The summed E-state index contributed by atoms with van der Waals surface area (Å²) in [6.45, 7) is 2.97. The highest BCUT2D eigenvalue weighted by Gasteiger charge is 2.15. The summed E-state index contributed by atoms with van der Waals surface area (Å²) in [5.74, 6) is -0.267. The number of hydrogen-bond donors (Lipinski definition) is 1. The maximum absolute atomic E-state index is 13.9. The van der Waals surface area contributed by atoms with E-state index >= 15 is 0 Å². The van der Waals surface area contributed by atoms with Gasteiger partial charge in [-0.15, -0.1) is 0 Å². The molecule has 0 spiro atoms. The topological polar surface area (TPSA) is 24.9 Å². The van der Waals surface area contributed by atoms with Crippen molar-refractivity contribution in [2.45, 2.75) is 25.8 Å². The van der Waals surface area contributed by atoms with Crippen LogP contribution in [0, 0.1) is 5.82 Å². The van der Waals surface area contributed by atoms with Crippen LogP contribution in [0.25, 0.3) is 0 Å². The first-order valence-corrected chi connectivity index (χ1v) is 7.16. The van der Waals surface area contributed by atoms with Crippen molar-refractivity contribution in [3.8, 4) is 0 Å². The van der Waals surface area contributed by atoms with E-state index in [0.717, 1.165) is 18.7 Å². The van der Waals surface area contributed by atoms with Gasteiger partial charge in [0.05, 0.1) is 11.7 Å². The Labute approximate surface area is 124 Å². The van der Waals surface area contributed by atoms with Crippen LogP contribution in [-0.2, 0) is 6.42 Å². The third-order valence-corrected chi connectivity index (χ3v) is 3.36. The second-order valence-electron chi connectivity index (χ2n) is 4.70. The van der Waals surface area contributed by atoms with Gasteiger partial charge >= 0.3 is 0 Å². The maximum atomic E-state index is 13.9. The summed E-state index contributed by atoms with van der Waals surface area (Å²) in [6.07, 6.45) is 3.33. The van der Waals surface area contributed by atoms with Crippen LogP contribution in [-0.4, -0.2) is 11.5 Å². The van der Waals surface area contributed by atoms with Crippen molar-refractivity contribution >= 4 is 11.6 Å². The highest BCUT2D eigenvalue weighted by molar-refractivity contribution is 6.30. The van der Waals surface area contributed by atoms with Crippen LogP contribution in [0.5, 0.6) is 0 Å². The lowest BCUT2D eigenvalue weighted by molar-refractivity contribution is 0.503. The Kier molecular flexibility index (Phi) is 5.50. The molecule has 0 aliphatic rings. The lowest BCUT2D eigenvalue weighted by Crippen LogP contribution is -2.25. The first-order chi connectivity index (χ1) is 9.70. The van der Waals surface area contributed by atoms with Gasteiger partial charge in [0.2, 0.25) is 0 Å². The van der Waals surface area contributed by atoms with Crippen LogP contribution in [0.3, 0.4) is 0 Å². The van der Waals surface area contributed by atoms with Gasteiger partial charge in [0, 0.05) is 11.2 Å². The van der Waals surface area contributed by atoms with Crippen molar-refractivity contribution in [2.24, 2.45) is 0 Å². The molecule has 0 aliphatic carbocycles. The zero-order valence-corrected chi connectivity index (χ0v) is 12.2. The van der Waals surface area contributed by atoms with E-state index in [2.05, 4.69) is 17.2 Å². The first kappa shape index (κ1) is 14.9. The van der Waals surface area contributed by atoms with Gasteiger partial charge in [-0.2, -0.15) is 0 Å². The van der Waals surface area contributed by atoms with Gasteiger partial charge in [0.15, 0.2) is 0 Å². The summed E-state index contributed by atoms with van der Waals surface area (Å²) in [7, 11) is 0. The summed E-state index contributed by atoms with van der Waals surface area (Å²) in [5.41, 5.74) is 1.57. The van der Waals surface area contributed by atoms with Crippen molar-refractivity contribution in [1.82, 2.24) is 10.3 Å². The Bertz CT molecular complexity index is 545.